The predicted octanol–water partition coefficient (Wildman–Crippen LogP) is 4.20. The van der Waals surface area contributed by atoms with Crippen molar-refractivity contribution in [2.24, 2.45) is 5.92 Å². The molecule has 0 aliphatic heterocycles. The zero-order valence-electron chi connectivity index (χ0n) is 13.1. The number of rotatable bonds is 4. The molecule has 4 nitrogen and oxygen atoms in total. The van der Waals surface area contributed by atoms with Gasteiger partial charge in [-0.15, -0.1) is 0 Å². The summed E-state index contributed by atoms with van der Waals surface area (Å²) in [4.78, 5) is 4.33. The van der Waals surface area contributed by atoms with Gasteiger partial charge < -0.3 is 16.2 Å². The van der Waals surface area contributed by atoms with Crippen molar-refractivity contribution >= 4 is 27.3 Å². The fourth-order valence-electron chi connectivity index (χ4n) is 3.95. The normalized spacial score (nSPS) is 26.1. The van der Waals surface area contributed by atoms with Gasteiger partial charge in [0.15, 0.2) is 0 Å². The van der Waals surface area contributed by atoms with Crippen molar-refractivity contribution in [1.82, 2.24) is 4.98 Å². The minimum Gasteiger partial charge on any atom is -0.482 e. The van der Waals surface area contributed by atoms with Crippen molar-refractivity contribution < 1.29 is 4.74 Å². The van der Waals surface area contributed by atoms with E-state index >= 15 is 0 Å². The van der Waals surface area contributed by atoms with Crippen molar-refractivity contribution in [3.8, 4) is 5.75 Å². The van der Waals surface area contributed by atoms with E-state index in [4.69, 9.17) is 16.2 Å². The Morgan fingerprint density at radius 3 is 2.57 bits per heavy atom. The molecule has 0 radical (unpaired) electrons. The third-order valence-electron chi connectivity index (χ3n) is 5.30. The molecule has 1 heterocycles. The van der Waals surface area contributed by atoms with E-state index in [1.807, 2.05) is 31.2 Å². The molecule has 3 aliphatic carbocycles. The Kier molecular flexibility index (Phi) is 3.30. The van der Waals surface area contributed by atoms with Gasteiger partial charge in [-0.3, -0.25) is 4.98 Å². The Hall–Kier alpha value is -1.75. The smallest absolute Gasteiger partial charge is 0.146 e. The molecule has 3 fully saturated rings. The van der Waals surface area contributed by atoms with Gasteiger partial charge in [0, 0.05) is 10.7 Å². The Labute approximate surface area is 144 Å². The van der Waals surface area contributed by atoms with Crippen molar-refractivity contribution in [3.63, 3.8) is 0 Å². The zero-order valence-corrected chi connectivity index (χ0v) is 14.6. The van der Waals surface area contributed by atoms with Gasteiger partial charge in [0.25, 0.3) is 0 Å². The van der Waals surface area contributed by atoms with Gasteiger partial charge >= 0.3 is 0 Å². The molecule has 2 bridgehead atoms. The van der Waals surface area contributed by atoms with Crippen LogP contribution in [0.3, 0.4) is 0 Å². The minimum atomic E-state index is -0.189. The fourth-order valence-corrected chi connectivity index (χ4v) is 4.79. The molecule has 3 aliphatic rings. The van der Waals surface area contributed by atoms with Crippen molar-refractivity contribution in [3.05, 3.63) is 46.2 Å². The molecule has 0 amide bonds. The van der Waals surface area contributed by atoms with Crippen LogP contribution in [-0.2, 0) is 5.41 Å². The van der Waals surface area contributed by atoms with Crippen LogP contribution in [0.2, 0.25) is 0 Å². The van der Waals surface area contributed by atoms with E-state index in [9.17, 15) is 0 Å². The average Bonchev–Trinajstić information content (AvgIpc) is 2.46. The molecule has 2 aromatic rings. The highest BCUT2D eigenvalue weighted by atomic mass is 79.9. The molecule has 120 valence electrons. The summed E-state index contributed by atoms with van der Waals surface area (Å²) >= 11 is 3.68. The van der Waals surface area contributed by atoms with Gasteiger partial charge in [0.05, 0.1) is 17.1 Å². The second kappa shape index (κ2) is 5.13. The van der Waals surface area contributed by atoms with E-state index in [0.717, 1.165) is 16.1 Å². The number of pyridine rings is 1. The van der Waals surface area contributed by atoms with E-state index in [2.05, 4.69) is 20.9 Å². The van der Waals surface area contributed by atoms with Crippen LogP contribution in [0.15, 0.2) is 34.9 Å². The Balaban J connectivity index is 1.65. The molecule has 1 unspecified atom stereocenters. The van der Waals surface area contributed by atoms with Gasteiger partial charge in [-0.2, -0.15) is 0 Å². The summed E-state index contributed by atoms with van der Waals surface area (Å²) in [7, 11) is 0. The number of nitrogens with zero attached hydrogens (tertiary/aromatic N) is 1. The maximum atomic E-state index is 6.37. The second-order valence-electron chi connectivity index (χ2n) is 6.83. The summed E-state index contributed by atoms with van der Waals surface area (Å²) in [5.74, 6) is 1.51. The Bertz CT molecular complexity index is 746. The maximum Gasteiger partial charge on any atom is 0.146 e. The number of halogens is 1. The van der Waals surface area contributed by atoms with E-state index in [-0.39, 0.29) is 11.5 Å². The van der Waals surface area contributed by atoms with E-state index < -0.39 is 0 Å². The summed E-state index contributed by atoms with van der Waals surface area (Å²) in [5, 5.41) is 0. The lowest BCUT2D eigenvalue weighted by Gasteiger charge is -2.62. The number of benzene rings is 1. The molecule has 1 aromatic carbocycles. The summed E-state index contributed by atoms with van der Waals surface area (Å²) in [5.41, 5.74) is 16.2. The van der Waals surface area contributed by atoms with Gasteiger partial charge in [0.2, 0.25) is 0 Å². The summed E-state index contributed by atoms with van der Waals surface area (Å²) < 4.78 is 7.03. The van der Waals surface area contributed by atoms with E-state index in [1.54, 1.807) is 6.20 Å². The van der Waals surface area contributed by atoms with Crippen molar-refractivity contribution in [1.29, 1.82) is 0 Å². The van der Waals surface area contributed by atoms with Crippen LogP contribution in [0, 0.1) is 5.92 Å². The van der Waals surface area contributed by atoms with E-state index in [1.165, 1.54) is 24.8 Å². The first-order chi connectivity index (χ1) is 11.0. The quantitative estimate of drug-likeness (QED) is 0.787. The Morgan fingerprint density at radius 1 is 1.26 bits per heavy atom. The SMILES string of the molecule is CC(Oc1cc(Br)c(C23CC(C2)C3)c(N)c1N)c1ccccn1. The lowest BCUT2D eigenvalue weighted by Crippen LogP contribution is -2.55. The third-order valence-corrected chi connectivity index (χ3v) is 5.92. The summed E-state index contributed by atoms with van der Waals surface area (Å²) in [6.45, 7) is 1.96. The van der Waals surface area contributed by atoms with Gasteiger partial charge in [-0.25, -0.2) is 0 Å². The molecule has 5 heteroatoms. The minimum absolute atomic E-state index is 0.189. The fraction of sp³-hybridized carbons (Fsp3) is 0.389. The van der Waals surface area contributed by atoms with Crippen LogP contribution < -0.4 is 16.2 Å². The molecular weight excluding hydrogens is 354 g/mol. The number of nitrogen functional groups attached to an aromatic ring is 2. The highest BCUT2D eigenvalue weighted by Crippen LogP contribution is 2.67. The van der Waals surface area contributed by atoms with Gasteiger partial charge in [-0.05, 0) is 61.3 Å². The first-order valence-corrected chi connectivity index (χ1v) is 8.75. The van der Waals surface area contributed by atoms with Crippen LogP contribution >= 0.6 is 15.9 Å². The molecule has 1 atom stereocenters. The highest BCUT2D eigenvalue weighted by molar-refractivity contribution is 9.10. The summed E-state index contributed by atoms with van der Waals surface area (Å²) in [6.07, 6.45) is 5.28. The second-order valence-corrected chi connectivity index (χ2v) is 7.69. The number of hydrogen-bond donors (Lipinski definition) is 2. The van der Waals surface area contributed by atoms with Crippen LogP contribution in [0.25, 0.3) is 0 Å². The molecular formula is C18H20BrN3O. The standard InChI is InChI=1S/C18H20BrN3O/c1-10(13-4-2-3-5-22-13)23-14-6-12(19)15(17(21)16(14)20)18-7-11(8-18)9-18/h2-6,10-11H,7-9,20-21H2,1H3. The molecule has 4 N–H and O–H groups in total. The van der Waals surface area contributed by atoms with Crippen LogP contribution in [0.4, 0.5) is 11.4 Å². The zero-order chi connectivity index (χ0) is 16.2. The Morgan fingerprint density at radius 2 is 2.00 bits per heavy atom. The van der Waals surface area contributed by atoms with Gasteiger partial charge in [-0.1, -0.05) is 22.0 Å². The third kappa shape index (κ3) is 2.21. The van der Waals surface area contributed by atoms with Crippen LogP contribution in [-0.4, -0.2) is 4.98 Å². The molecule has 5 rings (SSSR count). The largest absolute Gasteiger partial charge is 0.482 e. The lowest BCUT2D eigenvalue weighted by atomic mass is 9.42. The molecule has 0 spiro atoms. The first-order valence-electron chi connectivity index (χ1n) is 7.96. The molecule has 0 saturated heterocycles. The lowest BCUT2D eigenvalue weighted by molar-refractivity contribution is -0.0273. The number of anilines is 2. The number of aromatic nitrogens is 1. The van der Waals surface area contributed by atoms with Crippen LogP contribution in [0.1, 0.15) is 43.5 Å². The van der Waals surface area contributed by atoms with Crippen LogP contribution in [0.5, 0.6) is 5.75 Å². The maximum absolute atomic E-state index is 6.37. The van der Waals surface area contributed by atoms with Crippen molar-refractivity contribution in [2.75, 3.05) is 11.5 Å². The average molecular weight is 374 g/mol. The monoisotopic (exact) mass is 373 g/mol. The van der Waals surface area contributed by atoms with Crippen molar-refractivity contribution in [2.45, 2.75) is 37.7 Å². The number of nitrogens with two attached hydrogens (primary N) is 2. The number of ether oxygens (including phenoxy) is 1. The first kappa shape index (κ1) is 14.8. The highest BCUT2D eigenvalue weighted by Gasteiger charge is 2.59. The topological polar surface area (TPSA) is 74.2 Å². The predicted molar refractivity (Wildman–Crippen MR) is 95.3 cm³/mol. The molecule has 23 heavy (non-hydrogen) atoms. The van der Waals surface area contributed by atoms with E-state index in [0.29, 0.717) is 17.1 Å². The summed E-state index contributed by atoms with van der Waals surface area (Å²) in [6, 6.07) is 7.73. The molecule has 3 saturated carbocycles. The molecule has 1 aromatic heterocycles. The van der Waals surface area contributed by atoms with Gasteiger partial charge in [0.1, 0.15) is 11.9 Å². The number of hydrogen-bond acceptors (Lipinski definition) is 4.